The van der Waals surface area contributed by atoms with Crippen molar-refractivity contribution in [3.63, 3.8) is 0 Å². The highest BCUT2D eigenvalue weighted by molar-refractivity contribution is 6.39. The summed E-state index contributed by atoms with van der Waals surface area (Å²) in [5.74, 6) is 1.99. The molecule has 0 bridgehead atoms. The Balaban J connectivity index is 1.38. The molecule has 4 heterocycles. The number of nitrogens with zero attached hydrogens (tertiary/aromatic N) is 6. The predicted octanol–water partition coefficient (Wildman–Crippen LogP) is 11.3. The summed E-state index contributed by atoms with van der Waals surface area (Å²) in [6.07, 6.45) is 0. The Morgan fingerprint density at radius 2 is 0.745 bits per heavy atom. The molecule has 0 saturated heterocycles. The number of aryl methyl sites for hydroxylation is 3. The summed E-state index contributed by atoms with van der Waals surface area (Å²) in [5, 5.41) is 7.74. The van der Waals surface area contributed by atoms with Crippen molar-refractivity contribution in [3.8, 4) is 34.2 Å². The lowest BCUT2D eigenvalue weighted by atomic mass is 10.0. The molecule has 0 aliphatic heterocycles. The van der Waals surface area contributed by atoms with E-state index in [0.717, 1.165) is 36.3 Å². The smallest absolute Gasteiger partial charge is 0.164 e. The van der Waals surface area contributed by atoms with E-state index >= 15 is 0 Å². The van der Waals surface area contributed by atoms with Crippen LogP contribution < -0.4 is 0 Å². The second-order valence-electron chi connectivity index (χ2n) is 13.2. The van der Waals surface area contributed by atoms with Crippen LogP contribution in [0.5, 0.6) is 0 Å². The molecule has 0 amide bonds. The minimum absolute atomic E-state index is 0.665. The normalized spacial score (nSPS) is 12.1. The molecule has 0 aliphatic carbocycles. The number of aromatic nitrogens is 6. The van der Waals surface area contributed by atoms with Crippen molar-refractivity contribution < 1.29 is 0 Å². The van der Waals surface area contributed by atoms with Gasteiger partial charge in [-0.2, -0.15) is 0 Å². The fraction of sp³-hybridized carbons (Fsp3) is 0.133. The van der Waals surface area contributed by atoms with Gasteiger partial charge in [0.2, 0.25) is 0 Å². The van der Waals surface area contributed by atoms with Crippen molar-refractivity contribution in [1.82, 2.24) is 28.7 Å². The molecule has 6 aromatic carbocycles. The van der Waals surface area contributed by atoms with Crippen molar-refractivity contribution in [2.24, 2.45) is 0 Å². The summed E-state index contributed by atoms with van der Waals surface area (Å²) >= 11 is 0. The Morgan fingerprint density at radius 1 is 0.373 bits per heavy atom. The number of hydrogen-bond donors (Lipinski definition) is 0. The summed E-state index contributed by atoms with van der Waals surface area (Å²) < 4.78 is 7.59. The van der Waals surface area contributed by atoms with Crippen LogP contribution in [0.2, 0.25) is 0 Å². The number of fused-ring (bicyclic) bond motifs is 12. The molecule has 0 fully saturated rings. The van der Waals surface area contributed by atoms with Crippen LogP contribution in [0, 0.1) is 0 Å². The van der Waals surface area contributed by atoms with Gasteiger partial charge in [-0.05, 0) is 51.1 Å². The summed E-state index contributed by atoms with van der Waals surface area (Å²) in [6.45, 7) is 9.40. The Hall–Kier alpha value is -6.27. The predicted molar refractivity (Wildman–Crippen MR) is 212 cm³/mol. The molecule has 6 heteroatoms. The molecule has 6 nitrogen and oxygen atoms in total. The lowest BCUT2D eigenvalue weighted by molar-refractivity contribution is 0.821. The molecule has 0 N–H and O–H groups in total. The van der Waals surface area contributed by atoms with Crippen molar-refractivity contribution in [2.75, 3.05) is 0 Å². The molecule has 10 aromatic rings. The zero-order valence-electron chi connectivity index (χ0n) is 28.9. The highest BCUT2D eigenvalue weighted by atomic mass is 15.0. The van der Waals surface area contributed by atoms with E-state index in [0.29, 0.717) is 17.5 Å². The van der Waals surface area contributed by atoms with Gasteiger partial charge in [0, 0.05) is 85.2 Å². The van der Waals surface area contributed by atoms with Crippen molar-refractivity contribution >= 4 is 65.4 Å². The van der Waals surface area contributed by atoms with Crippen LogP contribution in [0.15, 0.2) is 127 Å². The Bertz CT molecular complexity index is 2870. The van der Waals surface area contributed by atoms with Crippen molar-refractivity contribution in [1.29, 1.82) is 0 Å². The summed E-state index contributed by atoms with van der Waals surface area (Å²) in [7, 11) is 0. The zero-order chi connectivity index (χ0) is 34.2. The van der Waals surface area contributed by atoms with Gasteiger partial charge in [-0.3, -0.25) is 0 Å². The van der Waals surface area contributed by atoms with Gasteiger partial charge in [-0.1, -0.05) is 97.1 Å². The van der Waals surface area contributed by atoms with Gasteiger partial charge in [0.05, 0.1) is 16.6 Å². The van der Waals surface area contributed by atoms with Gasteiger partial charge in [-0.25, -0.2) is 15.0 Å². The maximum absolute atomic E-state index is 5.11. The third kappa shape index (κ3) is 4.20. The van der Waals surface area contributed by atoms with Gasteiger partial charge in [-0.15, -0.1) is 0 Å². The number of rotatable bonds is 6. The average Bonchev–Trinajstić information content (AvgIpc) is 3.83. The lowest BCUT2D eigenvalue weighted by Gasteiger charge is -2.10. The van der Waals surface area contributed by atoms with E-state index in [4.69, 9.17) is 15.0 Å². The second-order valence-corrected chi connectivity index (χ2v) is 13.2. The molecule has 0 atom stereocenters. The first-order valence-corrected chi connectivity index (χ1v) is 18.0. The highest BCUT2D eigenvalue weighted by Crippen LogP contribution is 2.48. The number of para-hydroxylation sites is 2. The molecule has 0 radical (unpaired) electrons. The SMILES string of the molecule is CCn1c2ccccc2c2c1c1c3ccccc3n(CC)c1c1c3cc(-c4nc(-c5ccccc5)nc(-c5ccccc5)n4)ccc3n(CC)c21. The van der Waals surface area contributed by atoms with Crippen LogP contribution >= 0.6 is 0 Å². The van der Waals surface area contributed by atoms with E-state index in [1.807, 2.05) is 36.4 Å². The maximum Gasteiger partial charge on any atom is 0.164 e. The first-order chi connectivity index (χ1) is 25.2. The first kappa shape index (κ1) is 29.6. The second kappa shape index (κ2) is 11.4. The Morgan fingerprint density at radius 3 is 1.20 bits per heavy atom. The summed E-state index contributed by atoms with van der Waals surface area (Å²) in [6, 6.07) is 45.0. The van der Waals surface area contributed by atoms with Crippen LogP contribution in [-0.2, 0) is 19.6 Å². The maximum atomic E-state index is 5.11. The van der Waals surface area contributed by atoms with Crippen molar-refractivity contribution in [2.45, 2.75) is 40.4 Å². The molecular formula is C45H36N6. The van der Waals surface area contributed by atoms with E-state index < -0.39 is 0 Å². The van der Waals surface area contributed by atoms with Crippen LogP contribution in [-0.4, -0.2) is 28.7 Å². The Kier molecular flexibility index (Phi) is 6.62. The van der Waals surface area contributed by atoms with Crippen LogP contribution in [0.3, 0.4) is 0 Å². The molecule has 10 rings (SSSR count). The molecule has 4 aromatic heterocycles. The fourth-order valence-electron chi connectivity index (χ4n) is 8.52. The summed E-state index contributed by atoms with van der Waals surface area (Å²) in [4.78, 5) is 15.2. The summed E-state index contributed by atoms with van der Waals surface area (Å²) in [5.41, 5.74) is 10.6. The quantitative estimate of drug-likeness (QED) is 0.178. The topological polar surface area (TPSA) is 53.5 Å². The molecule has 0 aliphatic rings. The largest absolute Gasteiger partial charge is 0.340 e. The molecule has 0 spiro atoms. The van der Waals surface area contributed by atoms with Crippen molar-refractivity contribution in [3.05, 3.63) is 127 Å². The van der Waals surface area contributed by atoms with Crippen LogP contribution in [0.25, 0.3) is 99.6 Å². The molecule has 0 unspecified atom stereocenters. The van der Waals surface area contributed by atoms with Gasteiger partial charge in [0.1, 0.15) is 0 Å². The number of benzene rings is 6. The first-order valence-electron chi connectivity index (χ1n) is 18.0. The average molecular weight is 661 g/mol. The molecule has 0 saturated carbocycles. The minimum atomic E-state index is 0.665. The highest BCUT2D eigenvalue weighted by Gasteiger charge is 2.27. The van der Waals surface area contributed by atoms with E-state index in [-0.39, 0.29) is 0 Å². The molecule has 51 heavy (non-hydrogen) atoms. The van der Waals surface area contributed by atoms with Gasteiger partial charge < -0.3 is 13.7 Å². The van der Waals surface area contributed by atoms with Gasteiger partial charge >= 0.3 is 0 Å². The van der Waals surface area contributed by atoms with Gasteiger partial charge in [0.15, 0.2) is 17.5 Å². The Labute approximate surface area is 295 Å². The fourth-order valence-corrected chi connectivity index (χ4v) is 8.52. The standard InChI is InChI=1S/C45H36N6/c1-4-49-34-23-15-13-21-31(34)38-40(49)37-32-22-14-16-24-35(32)50(5-2)41(37)39-33-27-30(25-26-36(33)51(6-3)42(38)39)45-47-43(28-17-9-7-10-18-28)46-44(48-45)29-19-11-8-12-20-29/h7-27H,4-6H2,1-3H3. The van der Waals surface area contributed by atoms with Crippen LogP contribution in [0.4, 0.5) is 0 Å². The van der Waals surface area contributed by atoms with E-state index in [2.05, 4.69) is 125 Å². The minimum Gasteiger partial charge on any atom is -0.340 e. The molecule has 246 valence electrons. The monoisotopic (exact) mass is 660 g/mol. The van der Waals surface area contributed by atoms with E-state index in [9.17, 15) is 0 Å². The number of hydrogen-bond acceptors (Lipinski definition) is 3. The molecular weight excluding hydrogens is 625 g/mol. The van der Waals surface area contributed by atoms with Gasteiger partial charge in [0.25, 0.3) is 0 Å². The van der Waals surface area contributed by atoms with E-state index in [1.165, 1.54) is 65.4 Å². The zero-order valence-corrected chi connectivity index (χ0v) is 28.9. The lowest BCUT2D eigenvalue weighted by Crippen LogP contribution is -2.00. The third-order valence-corrected chi connectivity index (χ3v) is 10.6. The van der Waals surface area contributed by atoms with E-state index in [1.54, 1.807) is 0 Å². The van der Waals surface area contributed by atoms with Crippen LogP contribution in [0.1, 0.15) is 20.8 Å². The third-order valence-electron chi connectivity index (χ3n) is 10.6.